The van der Waals surface area contributed by atoms with Gasteiger partial charge < -0.3 is 9.84 Å². The van der Waals surface area contributed by atoms with Crippen molar-refractivity contribution in [2.45, 2.75) is 24.7 Å². The molecule has 0 radical (unpaired) electrons. The van der Waals surface area contributed by atoms with Crippen molar-refractivity contribution < 1.29 is 14.6 Å². The molecule has 0 saturated carbocycles. The zero-order chi connectivity index (χ0) is 8.27. The van der Waals surface area contributed by atoms with Gasteiger partial charge in [0.15, 0.2) is 0 Å². The third kappa shape index (κ3) is 2.10. The molecule has 3 nitrogen and oxygen atoms in total. The van der Waals surface area contributed by atoms with E-state index in [9.17, 15) is 4.79 Å². The van der Waals surface area contributed by atoms with Crippen molar-refractivity contribution in [2.75, 3.05) is 12.4 Å². The van der Waals surface area contributed by atoms with Crippen LogP contribution in [0.2, 0.25) is 0 Å². The van der Waals surface area contributed by atoms with Crippen LogP contribution >= 0.6 is 11.8 Å². The molecule has 0 aromatic carbocycles. The monoisotopic (exact) mass is 176 g/mol. The largest absolute Gasteiger partial charge is 0.459 e. The molecule has 2 atom stereocenters. The van der Waals surface area contributed by atoms with Crippen LogP contribution in [0.25, 0.3) is 0 Å². The predicted octanol–water partition coefficient (Wildman–Crippen LogP) is 0.416. The first-order valence-corrected chi connectivity index (χ1v) is 4.74. The molecule has 1 N–H and O–H groups in total. The van der Waals surface area contributed by atoms with Crippen LogP contribution in [-0.4, -0.2) is 34.8 Å². The number of aliphatic hydroxyl groups excluding tert-OH is 1. The van der Waals surface area contributed by atoms with Gasteiger partial charge in [-0.2, -0.15) is 11.8 Å². The molecular formula is C7H12O3S. The maximum atomic E-state index is 10.8. The number of carbonyl (C=O) groups excluding carboxylic acids is 1. The minimum absolute atomic E-state index is 0.0522. The number of hydrogen-bond acceptors (Lipinski definition) is 4. The Hall–Kier alpha value is -0.220. The smallest absolute Gasteiger partial charge is 0.307 e. The summed E-state index contributed by atoms with van der Waals surface area (Å²) in [5, 5.41) is 8.95. The zero-order valence-corrected chi connectivity index (χ0v) is 7.26. The van der Waals surface area contributed by atoms with Crippen molar-refractivity contribution >= 4 is 17.7 Å². The Balaban J connectivity index is 2.43. The first-order valence-electron chi connectivity index (χ1n) is 3.70. The van der Waals surface area contributed by atoms with Gasteiger partial charge in [-0.3, -0.25) is 4.79 Å². The number of aliphatic hydroxyl groups is 1. The van der Waals surface area contributed by atoms with E-state index in [1.54, 1.807) is 11.8 Å². The van der Waals surface area contributed by atoms with E-state index in [4.69, 9.17) is 9.84 Å². The van der Waals surface area contributed by atoms with Crippen LogP contribution in [-0.2, 0) is 9.53 Å². The van der Waals surface area contributed by atoms with Crippen molar-refractivity contribution in [3.05, 3.63) is 0 Å². The highest BCUT2D eigenvalue weighted by atomic mass is 32.2. The van der Waals surface area contributed by atoms with Gasteiger partial charge >= 0.3 is 5.97 Å². The molecule has 64 valence electrons. The Morgan fingerprint density at radius 1 is 1.82 bits per heavy atom. The molecular weight excluding hydrogens is 164 g/mol. The van der Waals surface area contributed by atoms with Gasteiger partial charge in [-0.05, 0) is 5.75 Å². The molecule has 0 bridgehead atoms. The molecule has 0 spiro atoms. The van der Waals surface area contributed by atoms with Gasteiger partial charge in [0.25, 0.3) is 0 Å². The normalized spacial score (nSPS) is 30.5. The molecule has 1 saturated heterocycles. The molecule has 1 aliphatic rings. The highest BCUT2D eigenvalue weighted by molar-refractivity contribution is 7.99. The minimum atomic E-state index is -0.271. The molecule has 0 aromatic rings. The lowest BCUT2D eigenvalue weighted by molar-refractivity contribution is -0.142. The molecule has 4 heteroatoms. The van der Waals surface area contributed by atoms with Crippen molar-refractivity contribution in [1.82, 2.24) is 0 Å². The molecule has 1 unspecified atom stereocenters. The van der Waals surface area contributed by atoms with Crippen LogP contribution in [0.4, 0.5) is 0 Å². The summed E-state index contributed by atoms with van der Waals surface area (Å²) < 4.78 is 4.87. The standard InChI is InChI=1S/C7H12O3S/c1-2-11-6-3-7(9)10-5(6)4-8/h5-6,8H,2-4H2,1H3/t5-,6?/m0/s1. The molecule has 1 rings (SSSR count). The van der Waals surface area contributed by atoms with E-state index in [0.29, 0.717) is 6.42 Å². The van der Waals surface area contributed by atoms with Gasteiger partial charge in [0.2, 0.25) is 0 Å². The molecule has 0 aliphatic carbocycles. The van der Waals surface area contributed by atoms with Gasteiger partial charge in [0.1, 0.15) is 6.10 Å². The topological polar surface area (TPSA) is 46.5 Å². The van der Waals surface area contributed by atoms with Gasteiger partial charge in [-0.15, -0.1) is 0 Å². The molecule has 1 fully saturated rings. The first-order chi connectivity index (χ1) is 5.27. The average Bonchev–Trinajstić information content (AvgIpc) is 2.32. The number of carbonyl (C=O) groups is 1. The summed E-state index contributed by atoms with van der Waals surface area (Å²) in [6.45, 7) is 1.98. The van der Waals surface area contributed by atoms with Crippen molar-refractivity contribution in [3.8, 4) is 0 Å². The Kier molecular flexibility index (Phi) is 3.20. The Morgan fingerprint density at radius 2 is 2.55 bits per heavy atom. The molecule has 0 amide bonds. The Labute approximate surface area is 70.1 Å². The van der Waals surface area contributed by atoms with Gasteiger partial charge in [-0.1, -0.05) is 6.92 Å². The summed E-state index contributed by atoms with van der Waals surface area (Å²) in [5.74, 6) is 0.771. The van der Waals surface area contributed by atoms with Crippen molar-refractivity contribution in [1.29, 1.82) is 0 Å². The summed E-state index contributed by atoms with van der Waals surface area (Å²) in [5.41, 5.74) is 0. The fraction of sp³-hybridized carbons (Fsp3) is 0.857. The highest BCUT2D eigenvalue weighted by Gasteiger charge is 2.33. The van der Waals surface area contributed by atoms with Gasteiger partial charge in [0.05, 0.1) is 18.3 Å². The van der Waals surface area contributed by atoms with Crippen LogP contribution < -0.4 is 0 Å². The SMILES string of the molecule is CCSC1CC(=O)O[C@H]1CO. The first kappa shape index (κ1) is 8.87. The van der Waals surface area contributed by atoms with Crippen LogP contribution in [0.15, 0.2) is 0 Å². The predicted molar refractivity (Wildman–Crippen MR) is 43.5 cm³/mol. The van der Waals surface area contributed by atoms with E-state index in [0.717, 1.165) is 5.75 Å². The van der Waals surface area contributed by atoms with Gasteiger partial charge in [-0.25, -0.2) is 0 Å². The number of cyclic esters (lactones) is 1. The Bertz CT molecular complexity index is 149. The number of thioether (sulfide) groups is 1. The second kappa shape index (κ2) is 3.97. The van der Waals surface area contributed by atoms with Crippen LogP contribution in [0.5, 0.6) is 0 Å². The third-order valence-electron chi connectivity index (χ3n) is 1.63. The van der Waals surface area contributed by atoms with E-state index in [1.807, 2.05) is 6.92 Å². The lowest BCUT2D eigenvalue weighted by Gasteiger charge is -2.12. The Morgan fingerprint density at radius 3 is 3.09 bits per heavy atom. The summed E-state index contributed by atoms with van der Waals surface area (Å²) in [6.07, 6.45) is 0.177. The van der Waals surface area contributed by atoms with E-state index >= 15 is 0 Å². The number of rotatable bonds is 3. The maximum Gasteiger partial charge on any atom is 0.307 e. The second-order valence-corrected chi connectivity index (χ2v) is 3.92. The van der Waals surface area contributed by atoms with Crippen LogP contribution in [0, 0.1) is 0 Å². The van der Waals surface area contributed by atoms with E-state index in [2.05, 4.69) is 0 Å². The lowest BCUT2D eigenvalue weighted by atomic mass is 10.2. The highest BCUT2D eigenvalue weighted by Crippen LogP contribution is 2.26. The molecule has 11 heavy (non-hydrogen) atoms. The lowest BCUT2D eigenvalue weighted by Crippen LogP contribution is -2.22. The minimum Gasteiger partial charge on any atom is -0.459 e. The average molecular weight is 176 g/mol. The van der Waals surface area contributed by atoms with E-state index in [1.165, 1.54) is 0 Å². The van der Waals surface area contributed by atoms with Crippen molar-refractivity contribution in [2.24, 2.45) is 0 Å². The quantitative estimate of drug-likeness (QED) is 0.633. The second-order valence-electron chi connectivity index (χ2n) is 2.41. The van der Waals surface area contributed by atoms with E-state index in [-0.39, 0.29) is 23.9 Å². The molecule has 0 aromatic heterocycles. The fourth-order valence-corrected chi connectivity index (χ4v) is 2.16. The summed E-state index contributed by atoms with van der Waals surface area (Å²) >= 11 is 1.67. The maximum absolute atomic E-state index is 10.8. The number of hydrogen-bond donors (Lipinski definition) is 1. The summed E-state index contributed by atoms with van der Waals surface area (Å²) in [6, 6.07) is 0. The zero-order valence-electron chi connectivity index (χ0n) is 6.45. The number of ether oxygens (including phenoxy) is 1. The fourth-order valence-electron chi connectivity index (χ4n) is 1.12. The number of esters is 1. The van der Waals surface area contributed by atoms with Crippen LogP contribution in [0.3, 0.4) is 0 Å². The summed E-state index contributed by atoms with van der Waals surface area (Å²) in [4.78, 5) is 10.8. The summed E-state index contributed by atoms with van der Waals surface area (Å²) in [7, 11) is 0. The van der Waals surface area contributed by atoms with Gasteiger partial charge in [0, 0.05) is 0 Å². The molecule has 1 aliphatic heterocycles. The third-order valence-corrected chi connectivity index (χ3v) is 2.86. The van der Waals surface area contributed by atoms with Crippen molar-refractivity contribution in [3.63, 3.8) is 0 Å². The van der Waals surface area contributed by atoms with E-state index < -0.39 is 0 Å². The molecule has 1 heterocycles. The van der Waals surface area contributed by atoms with Crippen LogP contribution in [0.1, 0.15) is 13.3 Å².